The Bertz CT molecular complexity index is 1180. The zero-order valence-electron chi connectivity index (χ0n) is 22.6. The fourth-order valence-electron chi connectivity index (χ4n) is 6.89. The number of carbonyl (C=O) groups is 1. The van der Waals surface area contributed by atoms with Crippen molar-refractivity contribution in [1.82, 2.24) is 19.6 Å². The first-order valence-corrected chi connectivity index (χ1v) is 14.2. The second-order valence-electron chi connectivity index (χ2n) is 11.5. The number of aromatic nitrogens is 2. The third-order valence-electron chi connectivity index (χ3n) is 9.10. The maximum atomic E-state index is 14.5. The first-order chi connectivity index (χ1) is 18.4. The van der Waals surface area contributed by atoms with E-state index in [-0.39, 0.29) is 17.4 Å². The van der Waals surface area contributed by atoms with Gasteiger partial charge in [-0.25, -0.2) is 8.78 Å². The summed E-state index contributed by atoms with van der Waals surface area (Å²) < 4.78 is 36.7. The number of carbonyl (C=O) groups excluding carboxylic acids is 1. The van der Waals surface area contributed by atoms with Gasteiger partial charge >= 0.3 is 0 Å². The number of nitrogens with zero attached hydrogens (tertiary/aromatic N) is 5. The Morgan fingerprint density at radius 2 is 1.82 bits per heavy atom. The Kier molecular flexibility index (Phi) is 7.16. The number of halogens is 2. The zero-order chi connectivity index (χ0) is 26.4. The molecule has 4 aliphatic heterocycles. The van der Waals surface area contributed by atoms with Gasteiger partial charge < -0.3 is 19.4 Å². The smallest absolute Gasteiger partial charge is 0.264 e. The molecular weight excluding hydrogens is 488 g/mol. The molecule has 0 atom stereocenters. The standard InChI is InChI=1S/C29H39F2N5O2/c1-19(37)34-13-7-26-25(18-34)29(32-36(26)22-5-11-33(2)12-6-22)35-10-3-4-21-16-23(20-8-14-38-15-9-20)24(28(30)31)17-27(21)35/h16-17,20,22,28H,3-15,18H2,1-2H3. The van der Waals surface area contributed by atoms with Crippen molar-refractivity contribution in [3.8, 4) is 0 Å². The van der Waals surface area contributed by atoms with Crippen LogP contribution in [0.2, 0.25) is 0 Å². The maximum absolute atomic E-state index is 14.5. The summed E-state index contributed by atoms with van der Waals surface area (Å²) in [5.74, 6) is 1.03. The molecule has 206 valence electrons. The summed E-state index contributed by atoms with van der Waals surface area (Å²) in [6.45, 7) is 6.91. The number of anilines is 2. The summed E-state index contributed by atoms with van der Waals surface area (Å²) in [5, 5.41) is 5.23. The lowest BCUT2D eigenvalue weighted by atomic mass is 9.85. The van der Waals surface area contributed by atoms with E-state index >= 15 is 0 Å². The number of ether oxygens (including phenoxy) is 1. The molecule has 0 unspecified atom stereocenters. The second-order valence-corrected chi connectivity index (χ2v) is 11.5. The number of piperidine rings is 1. The Morgan fingerprint density at radius 1 is 1.05 bits per heavy atom. The molecule has 0 bridgehead atoms. The topological polar surface area (TPSA) is 53.8 Å². The molecule has 0 radical (unpaired) electrons. The molecule has 0 spiro atoms. The highest BCUT2D eigenvalue weighted by molar-refractivity contribution is 5.75. The molecule has 9 heteroatoms. The van der Waals surface area contributed by atoms with Gasteiger partial charge in [0.05, 0.1) is 12.6 Å². The third kappa shape index (κ3) is 4.72. The molecule has 1 aromatic carbocycles. The van der Waals surface area contributed by atoms with Crippen molar-refractivity contribution in [3.05, 3.63) is 40.1 Å². The summed E-state index contributed by atoms with van der Waals surface area (Å²) in [7, 11) is 2.16. The number of amides is 1. The molecule has 0 saturated carbocycles. The fourth-order valence-corrected chi connectivity index (χ4v) is 6.89. The third-order valence-corrected chi connectivity index (χ3v) is 9.10. The van der Waals surface area contributed by atoms with E-state index in [1.54, 1.807) is 13.0 Å². The summed E-state index contributed by atoms with van der Waals surface area (Å²) in [6, 6.07) is 4.13. The predicted octanol–water partition coefficient (Wildman–Crippen LogP) is 4.97. The lowest BCUT2D eigenvalue weighted by Crippen LogP contribution is -2.36. The molecule has 0 N–H and O–H groups in total. The fraction of sp³-hybridized carbons (Fsp3) is 0.655. The van der Waals surface area contributed by atoms with E-state index in [1.807, 2.05) is 4.90 Å². The van der Waals surface area contributed by atoms with Gasteiger partial charge in [-0.05, 0) is 81.8 Å². The van der Waals surface area contributed by atoms with Crippen LogP contribution in [0.5, 0.6) is 0 Å². The number of hydrogen-bond acceptors (Lipinski definition) is 5. The largest absolute Gasteiger partial charge is 0.381 e. The van der Waals surface area contributed by atoms with Crippen LogP contribution in [-0.4, -0.2) is 71.9 Å². The van der Waals surface area contributed by atoms with Crippen LogP contribution in [0.15, 0.2) is 12.1 Å². The van der Waals surface area contributed by atoms with Gasteiger partial charge in [0.25, 0.3) is 6.43 Å². The lowest BCUT2D eigenvalue weighted by molar-refractivity contribution is -0.129. The van der Waals surface area contributed by atoms with Crippen molar-refractivity contribution >= 4 is 17.4 Å². The number of likely N-dealkylation sites (tertiary alicyclic amines) is 1. The average Bonchev–Trinajstić information content (AvgIpc) is 3.31. The van der Waals surface area contributed by atoms with Crippen molar-refractivity contribution in [3.63, 3.8) is 0 Å². The highest BCUT2D eigenvalue weighted by Crippen LogP contribution is 2.44. The predicted molar refractivity (Wildman–Crippen MR) is 142 cm³/mol. The Hall–Kier alpha value is -2.52. The molecule has 2 fully saturated rings. The summed E-state index contributed by atoms with van der Waals surface area (Å²) in [4.78, 5) is 18.7. The van der Waals surface area contributed by atoms with Gasteiger partial charge in [-0.2, -0.15) is 5.10 Å². The molecule has 6 rings (SSSR count). The van der Waals surface area contributed by atoms with Crippen LogP contribution < -0.4 is 4.90 Å². The van der Waals surface area contributed by atoms with Crippen LogP contribution in [0.4, 0.5) is 20.3 Å². The molecule has 5 heterocycles. The van der Waals surface area contributed by atoms with Gasteiger partial charge in [0.2, 0.25) is 5.91 Å². The Balaban J connectivity index is 1.43. The minimum absolute atomic E-state index is 0.0637. The number of fused-ring (bicyclic) bond motifs is 2. The normalized spacial score (nSPS) is 21.6. The molecule has 2 aromatic rings. The quantitative estimate of drug-likeness (QED) is 0.562. The highest BCUT2D eigenvalue weighted by Gasteiger charge is 2.35. The first-order valence-electron chi connectivity index (χ1n) is 14.2. The number of rotatable bonds is 4. The molecule has 1 amide bonds. The molecule has 1 aromatic heterocycles. The number of aryl methyl sites for hydroxylation is 1. The van der Waals surface area contributed by atoms with Gasteiger partial charge in [-0.1, -0.05) is 6.07 Å². The first kappa shape index (κ1) is 25.7. The van der Waals surface area contributed by atoms with Gasteiger partial charge in [0.15, 0.2) is 5.82 Å². The van der Waals surface area contributed by atoms with E-state index in [0.717, 1.165) is 92.8 Å². The Labute approximate surface area is 223 Å². The van der Waals surface area contributed by atoms with E-state index < -0.39 is 6.43 Å². The zero-order valence-corrected chi connectivity index (χ0v) is 22.6. The van der Waals surface area contributed by atoms with Crippen molar-refractivity contribution in [2.75, 3.05) is 51.3 Å². The lowest BCUT2D eigenvalue weighted by Gasteiger charge is -2.34. The maximum Gasteiger partial charge on any atom is 0.264 e. The van der Waals surface area contributed by atoms with Crippen molar-refractivity contribution in [1.29, 1.82) is 0 Å². The van der Waals surface area contributed by atoms with Gasteiger partial charge in [0.1, 0.15) is 0 Å². The summed E-state index contributed by atoms with van der Waals surface area (Å²) >= 11 is 0. The monoisotopic (exact) mass is 527 g/mol. The van der Waals surface area contributed by atoms with Gasteiger partial charge in [-0.15, -0.1) is 0 Å². The van der Waals surface area contributed by atoms with E-state index in [0.29, 0.717) is 32.3 Å². The van der Waals surface area contributed by atoms with E-state index in [9.17, 15) is 13.6 Å². The van der Waals surface area contributed by atoms with Crippen LogP contribution in [0.1, 0.15) is 85.4 Å². The van der Waals surface area contributed by atoms with Crippen molar-refractivity contribution in [2.24, 2.45) is 0 Å². The molecular formula is C29H39F2N5O2. The van der Waals surface area contributed by atoms with Crippen LogP contribution in [-0.2, 0) is 28.9 Å². The van der Waals surface area contributed by atoms with Gasteiger partial charge in [0, 0.05) is 62.2 Å². The van der Waals surface area contributed by atoms with E-state index in [2.05, 4.69) is 27.6 Å². The molecule has 0 aliphatic carbocycles. The van der Waals surface area contributed by atoms with Crippen molar-refractivity contribution < 1.29 is 18.3 Å². The van der Waals surface area contributed by atoms with Crippen LogP contribution in [0.3, 0.4) is 0 Å². The average molecular weight is 528 g/mol. The molecule has 7 nitrogen and oxygen atoms in total. The molecule has 38 heavy (non-hydrogen) atoms. The second kappa shape index (κ2) is 10.6. The summed E-state index contributed by atoms with van der Waals surface area (Å²) in [5.41, 5.74) is 5.24. The number of benzene rings is 1. The highest BCUT2D eigenvalue weighted by atomic mass is 19.3. The summed E-state index contributed by atoms with van der Waals surface area (Å²) in [6.07, 6.45) is 3.74. The molecule has 4 aliphatic rings. The van der Waals surface area contributed by atoms with E-state index in [1.165, 1.54) is 5.69 Å². The SMILES string of the molecule is CC(=O)N1CCc2c(c(N3CCCc4cc(C5CCOCC5)c(C(F)F)cc43)nn2C2CCN(C)CC2)C1. The number of alkyl halides is 2. The van der Waals surface area contributed by atoms with Crippen LogP contribution in [0, 0.1) is 0 Å². The van der Waals surface area contributed by atoms with Crippen LogP contribution >= 0.6 is 0 Å². The van der Waals surface area contributed by atoms with Gasteiger partial charge in [-0.3, -0.25) is 9.48 Å². The van der Waals surface area contributed by atoms with Crippen LogP contribution in [0.25, 0.3) is 0 Å². The Morgan fingerprint density at radius 3 is 2.53 bits per heavy atom. The minimum atomic E-state index is -2.53. The minimum Gasteiger partial charge on any atom is -0.381 e. The van der Waals surface area contributed by atoms with Crippen molar-refractivity contribution in [2.45, 2.75) is 76.8 Å². The number of hydrogen-bond donors (Lipinski definition) is 0. The van der Waals surface area contributed by atoms with E-state index in [4.69, 9.17) is 9.84 Å². The molecule has 2 saturated heterocycles.